The van der Waals surface area contributed by atoms with Gasteiger partial charge in [0.25, 0.3) is 0 Å². The van der Waals surface area contributed by atoms with Crippen LogP contribution in [0.5, 0.6) is 0 Å². The highest BCUT2D eigenvalue weighted by molar-refractivity contribution is 6.53. The molecular weight excluding hydrogens is 312 g/mol. The van der Waals surface area contributed by atoms with E-state index >= 15 is 0 Å². The van der Waals surface area contributed by atoms with E-state index in [9.17, 15) is 5.11 Å². The molecule has 4 nitrogen and oxygen atoms in total. The Balaban J connectivity index is 2.07. The molecule has 120 valence electrons. The predicted octanol–water partition coefficient (Wildman–Crippen LogP) is 3.18. The minimum absolute atomic E-state index is 0.307. The average Bonchev–Trinajstić information content (AvgIpc) is 2.86. The Morgan fingerprint density at radius 2 is 1.91 bits per heavy atom. The third-order valence-corrected chi connectivity index (χ3v) is 4.77. The second-order valence-corrected chi connectivity index (χ2v) is 7.09. The van der Waals surface area contributed by atoms with Gasteiger partial charge in [0.05, 0.1) is 11.2 Å². The summed E-state index contributed by atoms with van der Waals surface area (Å²) in [7, 11) is 0.307. The van der Waals surface area contributed by atoms with Crippen molar-refractivity contribution in [3.63, 3.8) is 0 Å². The van der Waals surface area contributed by atoms with Gasteiger partial charge in [0.2, 0.25) is 0 Å². The van der Waals surface area contributed by atoms with Crippen molar-refractivity contribution in [1.29, 1.82) is 0 Å². The fourth-order valence-corrected chi connectivity index (χ4v) is 2.49. The van der Waals surface area contributed by atoms with Crippen LogP contribution in [-0.4, -0.2) is 28.8 Å². The zero-order valence-electron chi connectivity index (χ0n) is 13.7. The van der Waals surface area contributed by atoms with Crippen LogP contribution < -0.4 is 5.46 Å². The normalized spacial score (nSPS) is 13.0. The molecule has 0 saturated heterocycles. The van der Waals surface area contributed by atoms with Gasteiger partial charge >= 0.3 is 7.48 Å². The Hall–Kier alpha value is -1.56. The third-order valence-electron chi connectivity index (χ3n) is 4.50. The fraction of sp³-hybridized carbons (Fsp3) is 0.353. The van der Waals surface area contributed by atoms with Gasteiger partial charge in [0.1, 0.15) is 5.58 Å². The molecule has 0 radical (unpaired) electrons. The summed E-state index contributed by atoms with van der Waals surface area (Å²) in [5.74, 6) is 0. The molecule has 6 heteroatoms. The van der Waals surface area contributed by atoms with E-state index in [1.165, 1.54) is 0 Å². The summed E-state index contributed by atoms with van der Waals surface area (Å²) in [5.41, 5.74) is 0.533. The van der Waals surface area contributed by atoms with Crippen LogP contribution in [0.25, 0.3) is 21.9 Å². The summed E-state index contributed by atoms with van der Waals surface area (Å²) in [6.07, 6.45) is 1.70. The van der Waals surface area contributed by atoms with Crippen LogP contribution in [0.2, 0.25) is 5.15 Å². The number of aliphatic hydroxyl groups is 1. The maximum atomic E-state index is 10.2. The summed E-state index contributed by atoms with van der Waals surface area (Å²) in [4.78, 5) is 4.19. The smallest absolute Gasteiger partial charge is 0.311 e. The number of aromatic nitrogens is 1. The van der Waals surface area contributed by atoms with Crippen molar-refractivity contribution < 1.29 is 14.2 Å². The minimum Gasteiger partial charge on any atom is -0.453 e. The first-order valence-corrected chi connectivity index (χ1v) is 7.89. The quantitative estimate of drug-likeness (QED) is 0.589. The van der Waals surface area contributed by atoms with Gasteiger partial charge in [0.15, 0.2) is 10.7 Å². The van der Waals surface area contributed by atoms with Crippen molar-refractivity contribution in [2.24, 2.45) is 0 Å². The summed E-state index contributed by atoms with van der Waals surface area (Å²) in [6.45, 7) is 7.19. The highest BCUT2D eigenvalue weighted by atomic mass is 35.5. The van der Waals surface area contributed by atoms with Crippen molar-refractivity contribution in [2.75, 3.05) is 0 Å². The molecule has 2 aromatic heterocycles. The lowest BCUT2D eigenvalue weighted by atomic mass is 9.81. The lowest BCUT2D eigenvalue weighted by Crippen LogP contribution is -2.49. The molecule has 0 bridgehead atoms. The number of nitrogens with zero attached hydrogens (tertiary/aromatic N) is 1. The Morgan fingerprint density at radius 1 is 1.22 bits per heavy atom. The molecule has 0 unspecified atom stereocenters. The first-order chi connectivity index (χ1) is 10.7. The molecule has 0 aliphatic heterocycles. The maximum Gasteiger partial charge on any atom is 0.311 e. The number of benzene rings is 1. The second-order valence-electron chi connectivity index (χ2n) is 6.73. The van der Waals surface area contributed by atoms with Crippen LogP contribution in [-0.2, 0) is 4.65 Å². The average molecular weight is 332 g/mol. The minimum atomic E-state index is -0.968. The van der Waals surface area contributed by atoms with Gasteiger partial charge in [-0.05, 0) is 39.2 Å². The van der Waals surface area contributed by atoms with E-state index in [4.69, 9.17) is 20.7 Å². The SMILES string of the molecule is CC(C)(O)C(C)(C)OBc1cnc(Cl)c2oc3ccccc3c12. The van der Waals surface area contributed by atoms with Crippen molar-refractivity contribution in [1.82, 2.24) is 4.98 Å². The lowest BCUT2D eigenvalue weighted by molar-refractivity contribution is -0.0893. The molecule has 0 amide bonds. The van der Waals surface area contributed by atoms with Gasteiger partial charge < -0.3 is 14.2 Å². The summed E-state index contributed by atoms with van der Waals surface area (Å²) in [5, 5.41) is 12.5. The number of hydrogen-bond acceptors (Lipinski definition) is 4. The van der Waals surface area contributed by atoms with Crippen LogP contribution in [0, 0.1) is 0 Å². The van der Waals surface area contributed by atoms with Gasteiger partial charge in [-0.3, -0.25) is 0 Å². The summed E-state index contributed by atoms with van der Waals surface area (Å²) in [6, 6.07) is 7.76. The largest absolute Gasteiger partial charge is 0.453 e. The standard InChI is InChI=1S/C17H19BClNO3/c1-16(2,21)17(3,4)23-18-11-9-20-15(19)14-13(11)10-7-5-6-8-12(10)22-14/h5-9,18,21H,1-4H3. The maximum absolute atomic E-state index is 10.2. The van der Waals surface area contributed by atoms with Crippen molar-refractivity contribution in [3.05, 3.63) is 35.6 Å². The molecular formula is C17H19BClNO3. The molecule has 1 N–H and O–H groups in total. The Kier molecular flexibility index (Phi) is 3.91. The Labute approximate surface area is 140 Å². The van der Waals surface area contributed by atoms with Gasteiger partial charge in [-0.2, -0.15) is 0 Å². The molecule has 3 rings (SSSR count). The highest BCUT2D eigenvalue weighted by Gasteiger charge is 2.36. The number of fused-ring (bicyclic) bond motifs is 3. The number of para-hydroxylation sites is 1. The van der Waals surface area contributed by atoms with E-state index in [2.05, 4.69) is 4.98 Å². The number of pyridine rings is 1. The zero-order valence-corrected chi connectivity index (χ0v) is 14.4. The van der Waals surface area contributed by atoms with Crippen LogP contribution in [0.15, 0.2) is 34.9 Å². The van der Waals surface area contributed by atoms with Gasteiger partial charge in [-0.25, -0.2) is 4.98 Å². The molecule has 0 fully saturated rings. The van der Waals surface area contributed by atoms with Crippen molar-refractivity contribution in [2.45, 2.75) is 38.9 Å². The molecule has 2 heterocycles. The first kappa shape index (κ1) is 16.3. The van der Waals surface area contributed by atoms with E-state index < -0.39 is 11.2 Å². The van der Waals surface area contributed by atoms with Crippen molar-refractivity contribution in [3.8, 4) is 0 Å². The van der Waals surface area contributed by atoms with E-state index in [0.29, 0.717) is 18.2 Å². The lowest BCUT2D eigenvalue weighted by Gasteiger charge is -2.37. The van der Waals surface area contributed by atoms with E-state index in [0.717, 1.165) is 21.8 Å². The molecule has 0 atom stereocenters. The Morgan fingerprint density at radius 3 is 2.61 bits per heavy atom. The molecule has 23 heavy (non-hydrogen) atoms. The fourth-order valence-electron chi connectivity index (χ4n) is 2.31. The zero-order chi connectivity index (χ0) is 16.8. The third kappa shape index (κ3) is 2.85. The number of halogens is 1. The topological polar surface area (TPSA) is 55.5 Å². The van der Waals surface area contributed by atoms with Gasteiger partial charge in [0, 0.05) is 17.0 Å². The summed E-state index contributed by atoms with van der Waals surface area (Å²) < 4.78 is 11.8. The van der Waals surface area contributed by atoms with Gasteiger partial charge in [-0.15, -0.1) is 0 Å². The van der Waals surface area contributed by atoms with E-state index in [1.807, 2.05) is 38.1 Å². The van der Waals surface area contributed by atoms with Crippen LogP contribution >= 0.6 is 11.6 Å². The molecule has 0 aliphatic rings. The molecule has 0 aliphatic carbocycles. The van der Waals surface area contributed by atoms with E-state index in [1.54, 1.807) is 20.0 Å². The first-order valence-electron chi connectivity index (χ1n) is 7.52. The monoisotopic (exact) mass is 331 g/mol. The summed E-state index contributed by atoms with van der Waals surface area (Å²) >= 11 is 6.18. The number of hydrogen-bond donors (Lipinski definition) is 1. The van der Waals surface area contributed by atoms with Crippen LogP contribution in [0.3, 0.4) is 0 Å². The highest BCUT2D eigenvalue weighted by Crippen LogP contribution is 2.31. The van der Waals surface area contributed by atoms with Crippen LogP contribution in [0.1, 0.15) is 27.7 Å². The molecule has 0 spiro atoms. The van der Waals surface area contributed by atoms with Gasteiger partial charge in [-0.1, -0.05) is 29.8 Å². The molecule has 1 aromatic carbocycles. The van der Waals surface area contributed by atoms with Crippen LogP contribution in [0.4, 0.5) is 0 Å². The molecule has 0 saturated carbocycles. The molecule has 3 aromatic rings. The number of furan rings is 1. The number of rotatable bonds is 4. The van der Waals surface area contributed by atoms with Crippen molar-refractivity contribution >= 4 is 46.5 Å². The second kappa shape index (κ2) is 5.51. The van der Waals surface area contributed by atoms with E-state index in [-0.39, 0.29) is 0 Å². The predicted molar refractivity (Wildman–Crippen MR) is 94.8 cm³/mol. The Bertz CT molecular complexity index is 867.